The maximum Gasteiger partial charge on any atom is 0.0308 e. The third kappa shape index (κ3) is 3.98. The van der Waals surface area contributed by atoms with Crippen LogP contribution in [0.4, 0.5) is 0 Å². The smallest absolute Gasteiger partial charge is 0.0308 e. The van der Waals surface area contributed by atoms with Crippen LogP contribution in [0.25, 0.3) is 0 Å². The van der Waals surface area contributed by atoms with Gasteiger partial charge in [0.2, 0.25) is 0 Å². The lowest BCUT2D eigenvalue weighted by Crippen LogP contribution is -2.61. The fraction of sp³-hybridized carbons (Fsp3) is 1.00. The molecule has 1 heterocycles. The van der Waals surface area contributed by atoms with Crippen molar-refractivity contribution in [2.75, 3.05) is 19.6 Å². The molecule has 1 unspecified atom stereocenters. The standard InChI is InChI=1S/C18H36N2/c1-4-13-19-17(16-11-7-5-8-12-16)18(2,3)20-14-9-6-10-15-20/h16-17,19H,4-15H2,1-3H3. The lowest BCUT2D eigenvalue weighted by molar-refractivity contribution is 0.0323. The molecule has 1 aliphatic heterocycles. The maximum atomic E-state index is 3.94. The van der Waals surface area contributed by atoms with Gasteiger partial charge in [-0.15, -0.1) is 0 Å². The first-order valence-corrected chi connectivity index (χ1v) is 9.14. The zero-order chi connectivity index (χ0) is 14.4. The quantitative estimate of drug-likeness (QED) is 0.784. The van der Waals surface area contributed by atoms with Gasteiger partial charge in [0.05, 0.1) is 0 Å². The van der Waals surface area contributed by atoms with E-state index >= 15 is 0 Å². The highest BCUT2D eigenvalue weighted by Crippen LogP contribution is 2.34. The molecular weight excluding hydrogens is 244 g/mol. The van der Waals surface area contributed by atoms with Crippen LogP contribution < -0.4 is 5.32 Å². The lowest BCUT2D eigenvalue weighted by Gasteiger charge is -2.49. The van der Waals surface area contributed by atoms with Gasteiger partial charge in [-0.3, -0.25) is 4.90 Å². The van der Waals surface area contributed by atoms with E-state index in [1.807, 2.05) is 0 Å². The van der Waals surface area contributed by atoms with E-state index in [2.05, 4.69) is 31.0 Å². The molecule has 2 nitrogen and oxygen atoms in total. The predicted octanol–water partition coefficient (Wildman–Crippen LogP) is 4.20. The van der Waals surface area contributed by atoms with Crippen molar-refractivity contribution in [1.29, 1.82) is 0 Å². The van der Waals surface area contributed by atoms with E-state index in [9.17, 15) is 0 Å². The molecule has 0 aromatic carbocycles. The molecule has 0 aromatic heterocycles. The number of nitrogens with zero attached hydrogens (tertiary/aromatic N) is 1. The summed E-state index contributed by atoms with van der Waals surface area (Å²) in [6.45, 7) is 11.1. The number of hydrogen-bond donors (Lipinski definition) is 1. The van der Waals surface area contributed by atoms with Gasteiger partial charge in [-0.05, 0) is 71.5 Å². The second-order valence-corrected chi connectivity index (χ2v) is 7.53. The third-order valence-corrected chi connectivity index (χ3v) is 5.67. The fourth-order valence-corrected chi connectivity index (χ4v) is 4.43. The third-order valence-electron chi connectivity index (χ3n) is 5.67. The first-order chi connectivity index (χ1) is 9.66. The second kappa shape index (κ2) is 7.79. The topological polar surface area (TPSA) is 15.3 Å². The van der Waals surface area contributed by atoms with Crippen LogP contribution >= 0.6 is 0 Å². The van der Waals surface area contributed by atoms with Crippen molar-refractivity contribution in [2.24, 2.45) is 5.92 Å². The summed E-state index contributed by atoms with van der Waals surface area (Å²) in [6, 6.07) is 0.681. The Morgan fingerprint density at radius 3 is 2.20 bits per heavy atom. The largest absolute Gasteiger partial charge is 0.312 e. The van der Waals surface area contributed by atoms with Crippen LogP contribution in [0.5, 0.6) is 0 Å². The van der Waals surface area contributed by atoms with Gasteiger partial charge in [-0.25, -0.2) is 0 Å². The summed E-state index contributed by atoms with van der Waals surface area (Å²) >= 11 is 0. The van der Waals surface area contributed by atoms with E-state index in [0.29, 0.717) is 11.6 Å². The van der Waals surface area contributed by atoms with Crippen molar-refractivity contribution in [2.45, 2.75) is 90.1 Å². The Bertz CT molecular complexity index is 263. The lowest BCUT2D eigenvalue weighted by atomic mass is 9.75. The van der Waals surface area contributed by atoms with E-state index in [1.165, 1.54) is 77.4 Å². The Hall–Kier alpha value is -0.0800. The molecule has 2 aliphatic rings. The monoisotopic (exact) mass is 280 g/mol. The van der Waals surface area contributed by atoms with Gasteiger partial charge < -0.3 is 5.32 Å². The van der Waals surface area contributed by atoms with Crippen LogP contribution in [0.1, 0.15) is 78.6 Å². The molecule has 1 saturated carbocycles. The van der Waals surface area contributed by atoms with Gasteiger partial charge in [-0.1, -0.05) is 32.6 Å². The summed E-state index contributed by atoms with van der Waals surface area (Å²) in [5.41, 5.74) is 0.317. The van der Waals surface area contributed by atoms with Crippen molar-refractivity contribution in [3.05, 3.63) is 0 Å². The van der Waals surface area contributed by atoms with E-state index in [1.54, 1.807) is 0 Å². The predicted molar refractivity (Wildman–Crippen MR) is 88.2 cm³/mol. The minimum Gasteiger partial charge on any atom is -0.312 e. The number of piperidine rings is 1. The summed E-state index contributed by atoms with van der Waals surface area (Å²) in [5, 5.41) is 3.94. The van der Waals surface area contributed by atoms with Crippen molar-refractivity contribution >= 4 is 0 Å². The average molecular weight is 280 g/mol. The number of nitrogens with one attached hydrogen (secondary N) is 1. The highest BCUT2D eigenvalue weighted by atomic mass is 15.2. The number of hydrogen-bond acceptors (Lipinski definition) is 2. The first kappa shape index (κ1) is 16.3. The molecule has 1 atom stereocenters. The maximum absolute atomic E-state index is 3.94. The van der Waals surface area contributed by atoms with E-state index in [0.717, 1.165) is 5.92 Å². The first-order valence-electron chi connectivity index (χ1n) is 9.14. The zero-order valence-corrected chi connectivity index (χ0v) is 14.1. The molecule has 0 aromatic rings. The second-order valence-electron chi connectivity index (χ2n) is 7.53. The molecule has 2 heteroatoms. The Morgan fingerprint density at radius 2 is 1.60 bits per heavy atom. The van der Waals surface area contributed by atoms with Crippen molar-refractivity contribution < 1.29 is 0 Å². The Labute approximate surface area is 126 Å². The van der Waals surface area contributed by atoms with Crippen LogP contribution in [0, 0.1) is 5.92 Å². The van der Waals surface area contributed by atoms with Gasteiger partial charge in [0.15, 0.2) is 0 Å². The number of likely N-dealkylation sites (tertiary alicyclic amines) is 1. The summed E-state index contributed by atoms with van der Waals surface area (Å²) in [4.78, 5) is 2.78. The minimum absolute atomic E-state index is 0.317. The molecule has 0 spiro atoms. The van der Waals surface area contributed by atoms with Crippen LogP contribution in [0.15, 0.2) is 0 Å². The molecule has 118 valence electrons. The van der Waals surface area contributed by atoms with E-state index in [-0.39, 0.29) is 0 Å². The van der Waals surface area contributed by atoms with Crippen LogP contribution in [0.2, 0.25) is 0 Å². The zero-order valence-electron chi connectivity index (χ0n) is 14.1. The molecule has 0 bridgehead atoms. The summed E-state index contributed by atoms with van der Waals surface area (Å²) in [5.74, 6) is 0.896. The average Bonchev–Trinajstić information content (AvgIpc) is 2.49. The molecule has 2 rings (SSSR count). The minimum atomic E-state index is 0.317. The van der Waals surface area contributed by atoms with Gasteiger partial charge in [-0.2, -0.15) is 0 Å². The van der Waals surface area contributed by atoms with Crippen LogP contribution in [-0.2, 0) is 0 Å². The van der Waals surface area contributed by atoms with E-state index < -0.39 is 0 Å². The summed E-state index contributed by atoms with van der Waals surface area (Å²) in [7, 11) is 0. The SMILES string of the molecule is CCCNC(C1CCCCC1)C(C)(C)N1CCCCC1. The molecular formula is C18H36N2. The van der Waals surface area contributed by atoms with E-state index in [4.69, 9.17) is 0 Å². The fourth-order valence-electron chi connectivity index (χ4n) is 4.43. The Balaban J connectivity index is 2.05. The Kier molecular flexibility index (Phi) is 6.35. The number of rotatable bonds is 6. The van der Waals surface area contributed by atoms with Crippen LogP contribution in [0.3, 0.4) is 0 Å². The van der Waals surface area contributed by atoms with Gasteiger partial charge in [0.1, 0.15) is 0 Å². The van der Waals surface area contributed by atoms with Crippen molar-refractivity contribution in [3.8, 4) is 0 Å². The van der Waals surface area contributed by atoms with Crippen molar-refractivity contribution in [3.63, 3.8) is 0 Å². The Morgan fingerprint density at radius 1 is 1.00 bits per heavy atom. The molecule has 2 fully saturated rings. The van der Waals surface area contributed by atoms with Crippen molar-refractivity contribution in [1.82, 2.24) is 10.2 Å². The normalized spacial score (nSPS) is 24.8. The van der Waals surface area contributed by atoms with Crippen LogP contribution in [-0.4, -0.2) is 36.1 Å². The summed E-state index contributed by atoms with van der Waals surface area (Å²) < 4.78 is 0. The summed E-state index contributed by atoms with van der Waals surface area (Å²) in [6.07, 6.45) is 12.7. The molecule has 0 radical (unpaired) electrons. The molecule has 1 N–H and O–H groups in total. The van der Waals surface area contributed by atoms with Gasteiger partial charge in [0, 0.05) is 11.6 Å². The molecule has 1 aliphatic carbocycles. The highest BCUT2D eigenvalue weighted by molar-refractivity contribution is 4.98. The van der Waals surface area contributed by atoms with Gasteiger partial charge in [0.25, 0.3) is 0 Å². The molecule has 0 amide bonds. The molecule has 1 saturated heterocycles. The van der Waals surface area contributed by atoms with Gasteiger partial charge >= 0.3 is 0 Å². The molecule has 20 heavy (non-hydrogen) atoms. The highest BCUT2D eigenvalue weighted by Gasteiger charge is 2.40.